The fourth-order valence-corrected chi connectivity index (χ4v) is 9.40. The van der Waals surface area contributed by atoms with Gasteiger partial charge in [-0.3, -0.25) is 19.9 Å². The Kier molecular flexibility index (Phi) is 38.1. The van der Waals surface area contributed by atoms with Crippen LogP contribution in [0.5, 0.6) is 0 Å². The summed E-state index contributed by atoms with van der Waals surface area (Å²) in [6, 6.07) is 12.9. The number of nitrogens with zero attached hydrogens (tertiary/aromatic N) is 7. The van der Waals surface area contributed by atoms with E-state index in [1.807, 2.05) is 43.0 Å². The molecule has 22 nitrogen and oxygen atoms in total. The van der Waals surface area contributed by atoms with Crippen molar-refractivity contribution in [2.45, 2.75) is 280 Å². The number of hydrogen-bond acceptors (Lipinski definition) is 19. The maximum Gasteiger partial charge on any atom is 0.419 e. The number of halogens is 2. The number of carbonyl (C=O) groups excluding carboxylic acids is 7. The van der Waals surface area contributed by atoms with Crippen LogP contribution in [-0.2, 0) is 52.5 Å². The van der Waals surface area contributed by atoms with Crippen LogP contribution in [0.25, 0.3) is 0 Å². The molecule has 3 aromatic rings. The molecule has 0 spiro atoms. The SMILES string of the molecule is C.CC(C)(C)OC(=O)N(CCCC=N[C@H]1CCCc2cccnc21)C(=O)OC(C)(C)C.CC(C)(C)OC(=O)N(CCCC=O)C(=O)OC(C)(C)C.CC(C)(C)OC(=O)N(CCCCN[C@H]1CCCc2cccnc21)C(=O)OC(C)(C)C.II.N[C@H]1CCCc2cccnc21. The van der Waals surface area contributed by atoms with E-state index in [0.29, 0.717) is 25.7 Å². The third-order valence-corrected chi connectivity index (χ3v) is 13.2. The van der Waals surface area contributed by atoms with Gasteiger partial charge in [-0.15, -0.1) is 0 Å². The average molecular weight is 1540 g/mol. The number of aromatic nitrogens is 3. The van der Waals surface area contributed by atoms with Crippen LogP contribution < -0.4 is 11.1 Å². The minimum Gasteiger partial charge on any atom is -0.443 e. The molecule has 3 aromatic heterocycles. The largest absolute Gasteiger partial charge is 0.443 e. The van der Waals surface area contributed by atoms with E-state index < -0.39 is 70.2 Å². The summed E-state index contributed by atoms with van der Waals surface area (Å²) in [7, 11) is 0. The lowest BCUT2D eigenvalue weighted by molar-refractivity contribution is -0.108. The molecule has 3 aliphatic carbocycles. The summed E-state index contributed by atoms with van der Waals surface area (Å²) in [5.74, 6) is 0. The minimum absolute atomic E-state index is 0. The average Bonchev–Trinajstić information content (AvgIpc) is 0.905. The lowest BCUT2D eigenvalue weighted by Crippen LogP contribution is -2.44. The number of pyridine rings is 3. The molecule has 530 valence electrons. The zero-order valence-corrected chi connectivity index (χ0v) is 63.1. The molecule has 0 fully saturated rings. The van der Waals surface area contributed by atoms with E-state index in [1.54, 1.807) is 125 Å². The Labute approximate surface area is 585 Å². The Balaban J connectivity index is 0.000000649. The summed E-state index contributed by atoms with van der Waals surface area (Å²) < 4.78 is 31.8. The van der Waals surface area contributed by atoms with Gasteiger partial charge < -0.3 is 44.3 Å². The fourth-order valence-electron chi connectivity index (χ4n) is 9.40. The first kappa shape index (κ1) is 86.4. The van der Waals surface area contributed by atoms with Gasteiger partial charge in [-0.2, -0.15) is 0 Å². The Bertz CT molecular complexity index is 2750. The molecule has 6 amide bonds. The number of unbranched alkanes of at least 4 members (excludes halogenated alkanes) is 3. The lowest BCUT2D eigenvalue weighted by atomic mass is 9.92. The molecule has 6 rings (SSSR count). The van der Waals surface area contributed by atoms with Crippen LogP contribution >= 0.6 is 37.2 Å². The number of imide groups is 3. The molecule has 94 heavy (non-hydrogen) atoms. The first-order chi connectivity index (χ1) is 43.3. The number of rotatable bonds is 15. The van der Waals surface area contributed by atoms with Gasteiger partial charge in [0.1, 0.15) is 39.9 Å². The normalized spacial score (nSPS) is 15.9. The number of fused-ring (bicyclic) bond motifs is 3. The molecule has 0 aliphatic heterocycles. The topological polar surface area (TPSA) is 274 Å². The van der Waals surface area contributed by atoms with Gasteiger partial charge in [0.2, 0.25) is 0 Å². The monoisotopic (exact) mass is 1540 g/mol. The quantitative estimate of drug-likeness (QED) is 0.0470. The summed E-state index contributed by atoms with van der Waals surface area (Å²) in [5.41, 5.74) is 8.97. The van der Waals surface area contributed by atoms with Crippen molar-refractivity contribution >= 4 is 86.3 Å². The Morgan fingerprint density at radius 2 is 0.830 bits per heavy atom. The molecule has 3 N–H and O–H groups in total. The highest BCUT2D eigenvalue weighted by Gasteiger charge is 2.34. The Hall–Kier alpha value is -5.61. The molecule has 0 bridgehead atoms. The smallest absolute Gasteiger partial charge is 0.419 e. The highest BCUT2D eigenvalue weighted by atomic mass is 128. The molecule has 0 saturated carbocycles. The van der Waals surface area contributed by atoms with Crippen molar-refractivity contribution < 1.29 is 62.0 Å². The number of aliphatic imine (C=N–C) groups is 1. The van der Waals surface area contributed by atoms with E-state index in [4.69, 9.17) is 39.1 Å². The third-order valence-electron chi connectivity index (χ3n) is 13.2. The van der Waals surface area contributed by atoms with Crippen LogP contribution in [-0.4, -0.2) is 138 Å². The molecule has 3 atom stereocenters. The lowest BCUT2D eigenvalue weighted by Gasteiger charge is -2.29. The summed E-state index contributed by atoms with van der Waals surface area (Å²) in [6.45, 7) is 32.8. The van der Waals surface area contributed by atoms with E-state index in [2.05, 4.69) is 75.7 Å². The first-order valence-corrected chi connectivity index (χ1v) is 38.7. The van der Waals surface area contributed by atoms with Gasteiger partial charge in [0.15, 0.2) is 0 Å². The number of ether oxygens (including phenoxy) is 6. The predicted molar refractivity (Wildman–Crippen MR) is 386 cm³/mol. The summed E-state index contributed by atoms with van der Waals surface area (Å²) >= 11 is 4.24. The Morgan fingerprint density at radius 1 is 0.500 bits per heavy atom. The van der Waals surface area contributed by atoms with Gasteiger partial charge in [0.25, 0.3) is 0 Å². The summed E-state index contributed by atoms with van der Waals surface area (Å²) in [4.78, 5) is 105. The van der Waals surface area contributed by atoms with Crippen LogP contribution in [0.3, 0.4) is 0 Å². The van der Waals surface area contributed by atoms with Crippen LogP contribution in [0.4, 0.5) is 28.8 Å². The van der Waals surface area contributed by atoms with Crippen LogP contribution in [0, 0.1) is 0 Å². The number of aryl methyl sites for hydroxylation is 3. The van der Waals surface area contributed by atoms with Gasteiger partial charge in [-0.1, -0.05) is 25.6 Å². The molecule has 0 aromatic carbocycles. The first-order valence-electron chi connectivity index (χ1n) is 32.4. The molecule has 0 saturated heterocycles. The van der Waals surface area contributed by atoms with E-state index >= 15 is 0 Å². The van der Waals surface area contributed by atoms with E-state index in [1.165, 1.54) is 23.1 Å². The van der Waals surface area contributed by atoms with Gasteiger partial charge in [0, 0.05) is 94.0 Å². The van der Waals surface area contributed by atoms with Crippen molar-refractivity contribution in [1.82, 2.24) is 35.0 Å². The second kappa shape index (κ2) is 41.5. The predicted octanol–water partition coefficient (Wildman–Crippen LogP) is 17.4. The number of hydrogen-bond donors (Lipinski definition) is 2. The Morgan fingerprint density at radius 3 is 1.21 bits per heavy atom. The van der Waals surface area contributed by atoms with Crippen LogP contribution in [0.15, 0.2) is 60.0 Å². The number of amides is 6. The number of nitrogens with one attached hydrogen (secondary N) is 1. The van der Waals surface area contributed by atoms with Crippen LogP contribution in [0.1, 0.15) is 261 Å². The van der Waals surface area contributed by atoms with Gasteiger partial charge in [-0.05, 0) is 262 Å². The molecular weight excluding hydrogens is 1430 g/mol. The summed E-state index contributed by atoms with van der Waals surface area (Å²) in [5, 5.41) is 3.57. The van der Waals surface area contributed by atoms with Crippen molar-refractivity contribution in [3.63, 3.8) is 0 Å². The van der Waals surface area contributed by atoms with Crippen molar-refractivity contribution in [2.24, 2.45) is 10.7 Å². The van der Waals surface area contributed by atoms with Crippen molar-refractivity contribution in [3.8, 4) is 0 Å². The summed E-state index contributed by atoms with van der Waals surface area (Å²) in [6.07, 6.45) is 17.1. The van der Waals surface area contributed by atoms with E-state index in [-0.39, 0.29) is 51.6 Å². The second-order valence-corrected chi connectivity index (χ2v) is 28.8. The maximum absolute atomic E-state index is 12.5. The van der Waals surface area contributed by atoms with E-state index in [0.717, 1.165) is 102 Å². The fraction of sp³-hybridized carbons (Fsp3) is 0.671. The number of aldehydes is 1. The number of nitrogens with two attached hydrogens (primary N) is 1. The highest BCUT2D eigenvalue weighted by Crippen LogP contribution is 2.31. The highest BCUT2D eigenvalue weighted by molar-refractivity contribution is 15.0. The van der Waals surface area contributed by atoms with Crippen molar-refractivity contribution in [2.75, 3.05) is 26.2 Å². The number of carbonyl (C=O) groups is 7. The van der Waals surface area contributed by atoms with Crippen LogP contribution in [0.2, 0.25) is 0 Å². The molecule has 3 aliphatic rings. The van der Waals surface area contributed by atoms with Gasteiger partial charge in [0.05, 0.1) is 23.1 Å². The minimum atomic E-state index is -0.766. The second-order valence-electron chi connectivity index (χ2n) is 28.8. The van der Waals surface area contributed by atoms with Crippen molar-refractivity contribution in [1.29, 1.82) is 0 Å². The maximum atomic E-state index is 12.5. The molecule has 0 radical (unpaired) electrons. The van der Waals surface area contributed by atoms with Gasteiger partial charge in [-0.25, -0.2) is 43.5 Å². The molecular formula is C70H113I2N9O13. The zero-order chi connectivity index (χ0) is 70.4. The standard InChI is InChI=1S/C23H37N3O4.C23H35N3O4.C14H25NO5.C9H12N2.CH4.I2/c2*1-22(2,3)29-20(27)26(21(28)30-23(4,5)6)16-8-7-14-24-18-13-9-11-17-12-10-15-25-19(17)18;1-13(2,3)19-11(17)15(9-7-8-10-16)12(18)20-14(4,5)6;10-8-5-1-3-7-4-2-6-11-9(7)8;;1-2/h10,12,15,18,24H,7-9,11,13-14,16H2,1-6H3;10,12,14-15,18H,7-9,11,13,16H2,1-6H3;10H,7-9H2,1-6H3;2,4,6,8H,1,3,5,10H2;1H4;/t2*18-;;8-;;/m00.0../s1. The van der Waals surface area contributed by atoms with Gasteiger partial charge >= 0.3 is 36.6 Å². The molecule has 3 heterocycles. The molecule has 24 heteroatoms. The van der Waals surface area contributed by atoms with Crippen molar-refractivity contribution in [3.05, 3.63) is 88.8 Å². The molecule has 0 unspecified atom stereocenters. The zero-order valence-electron chi connectivity index (χ0n) is 58.8. The van der Waals surface area contributed by atoms with E-state index in [9.17, 15) is 33.6 Å². The third kappa shape index (κ3) is 35.9.